The lowest BCUT2D eigenvalue weighted by molar-refractivity contribution is 0.0655. The van der Waals surface area contributed by atoms with Crippen LogP contribution in [0.25, 0.3) is 11.1 Å². The molecule has 196 valence electrons. The molecule has 3 heterocycles. The van der Waals surface area contributed by atoms with Crippen molar-refractivity contribution in [1.29, 1.82) is 0 Å². The number of ether oxygens (including phenoxy) is 1. The van der Waals surface area contributed by atoms with Crippen LogP contribution in [0.1, 0.15) is 50.9 Å². The normalized spacial score (nSPS) is 13.6. The van der Waals surface area contributed by atoms with Crippen LogP contribution in [0.2, 0.25) is 0 Å². The first-order chi connectivity index (χ1) is 17.4. The minimum Gasteiger partial charge on any atom is -0.381 e. The molecule has 0 spiro atoms. The third kappa shape index (κ3) is 5.84. The molecule has 0 unspecified atom stereocenters. The first-order valence-electron chi connectivity index (χ1n) is 12.3. The first kappa shape index (κ1) is 27.1. The Morgan fingerprint density at radius 2 is 1.92 bits per heavy atom. The van der Waals surface area contributed by atoms with Gasteiger partial charge in [-0.15, -0.1) is 0 Å². The van der Waals surface area contributed by atoms with E-state index in [0.717, 1.165) is 24.1 Å². The zero-order chi connectivity index (χ0) is 26.2. The number of urea groups is 1. The lowest BCUT2D eigenvalue weighted by atomic mass is 10.1. The zero-order valence-corrected chi connectivity index (χ0v) is 21.5. The average Bonchev–Trinajstić information content (AvgIpc) is 3.50. The highest BCUT2D eigenvalue weighted by atomic mass is 19.2. The number of hydrogen-bond acceptors (Lipinski definition) is 5. The molecule has 1 aliphatic heterocycles. The molecule has 2 amide bonds. The van der Waals surface area contributed by atoms with Crippen molar-refractivity contribution in [3.05, 3.63) is 47.4 Å². The number of anilines is 2. The third-order valence-electron chi connectivity index (χ3n) is 5.99. The summed E-state index contributed by atoms with van der Waals surface area (Å²) in [6.07, 6.45) is 5.37. The number of rotatable bonds is 7. The number of carbonyl (C=O) groups excluding carboxylic acids is 1. The summed E-state index contributed by atoms with van der Waals surface area (Å²) in [4.78, 5) is 11.8. The second-order valence-corrected chi connectivity index (χ2v) is 8.16. The number of aromatic nitrogens is 4. The summed E-state index contributed by atoms with van der Waals surface area (Å²) in [6, 6.07) is 2.78. The SMILES string of the molecule is CC.CCc1c(CNC(=O)NC)c(Nc2ccc(-c3cnn(C)c3)c(F)c2F)nn1C1CCOCC1. The monoisotopic (exact) mass is 503 g/mol. The van der Waals surface area contributed by atoms with Crippen molar-refractivity contribution in [2.24, 2.45) is 7.05 Å². The predicted molar refractivity (Wildman–Crippen MR) is 135 cm³/mol. The second kappa shape index (κ2) is 12.5. The van der Waals surface area contributed by atoms with Crippen molar-refractivity contribution in [3.63, 3.8) is 0 Å². The molecule has 2 aromatic heterocycles. The van der Waals surface area contributed by atoms with Crippen LogP contribution < -0.4 is 16.0 Å². The number of amides is 2. The molecule has 1 saturated heterocycles. The molecule has 11 heteroatoms. The van der Waals surface area contributed by atoms with E-state index in [9.17, 15) is 9.18 Å². The summed E-state index contributed by atoms with van der Waals surface area (Å²) in [5.74, 6) is -1.60. The summed E-state index contributed by atoms with van der Waals surface area (Å²) in [5.41, 5.74) is 2.23. The lowest BCUT2D eigenvalue weighted by Crippen LogP contribution is -2.32. The third-order valence-corrected chi connectivity index (χ3v) is 5.99. The average molecular weight is 504 g/mol. The van der Waals surface area contributed by atoms with Gasteiger partial charge in [-0.3, -0.25) is 9.36 Å². The molecule has 1 aliphatic rings. The van der Waals surface area contributed by atoms with Crippen LogP contribution >= 0.6 is 0 Å². The van der Waals surface area contributed by atoms with Crippen molar-refractivity contribution in [2.75, 3.05) is 25.6 Å². The standard InChI is InChI=1S/C23H29F2N7O2.C2H6/c1-4-19-17(12-27-23(33)26-2)22(30-32(19)15-7-9-34-10-8-15)29-18-6-5-16(20(24)21(18)25)14-11-28-31(3)13-14;1-2/h5-6,11,13,15H,4,7-10,12H2,1-3H3,(H,29,30)(H2,26,27,33);1-2H3. The van der Waals surface area contributed by atoms with Crippen molar-refractivity contribution in [2.45, 2.75) is 52.6 Å². The van der Waals surface area contributed by atoms with Crippen LogP contribution in [0.3, 0.4) is 0 Å². The Bertz CT molecular complexity index is 1170. The van der Waals surface area contributed by atoms with Crippen LogP contribution in [0.4, 0.5) is 25.1 Å². The summed E-state index contributed by atoms with van der Waals surface area (Å²) in [7, 11) is 3.24. The summed E-state index contributed by atoms with van der Waals surface area (Å²) >= 11 is 0. The highest BCUT2D eigenvalue weighted by Crippen LogP contribution is 2.33. The Kier molecular flexibility index (Phi) is 9.40. The van der Waals surface area contributed by atoms with Gasteiger partial charge in [-0.25, -0.2) is 13.6 Å². The molecule has 0 atom stereocenters. The Labute approximate surface area is 210 Å². The van der Waals surface area contributed by atoms with E-state index >= 15 is 4.39 Å². The van der Waals surface area contributed by atoms with Crippen LogP contribution in [0.15, 0.2) is 24.5 Å². The molecule has 0 aliphatic carbocycles. The van der Waals surface area contributed by atoms with Gasteiger partial charge in [-0.2, -0.15) is 10.2 Å². The highest BCUT2D eigenvalue weighted by molar-refractivity contribution is 5.74. The number of nitrogens with zero attached hydrogens (tertiary/aromatic N) is 4. The van der Waals surface area contributed by atoms with E-state index in [1.807, 2.05) is 25.5 Å². The smallest absolute Gasteiger partial charge is 0.314 e. The van der Waals surface area contributed by atoms with Gasteiger partial charge in [-0.05, 0) is 31.4 Å². The minimum atomic E-state index is -1.01. The molecular weight excluding hydrogens is 468 g/mol. The summed E-state index contributed by atoms with van der Waals surface area (Å²) < 4.78 is 39.0. The highest BCUT2D eigenvalue weighted by Gasteiger charge is 2.25. The van der Waals surface area contributed by atoms with Crippen molar-refractivity contribution in [3.8, 4) is 11.1 Å². The largest absolute Gasteiger partial charge is 0.381 e. The maximum atomic E-state index is 15.1. The van der Waals surface area contributed by atoms with E-state index in [1.54, 1.807) is 13.2 Å². The molecular formula is C25H35F2N7O2. The summed E-state index contributed by atoms with van der Waals surface area (Å²) in [6.45, 7) is 7.46. The van der Waals surface area contributed by atoms with E-state index < -0.39 is 11.6 Å². The van der Waals surface area contributed by atoms with E-state index in [4.69, 9.17) is 9.84 Å². The van der Waals surface area contributed by atoms with Gasteiger partial charge < -0.3 is 20.7 Å². The lowest BCUT2D eigenvalue weighted by Gasteiger charge is -2.24. The molecule has 36 heavy (non-hydrogen) atoms. The Hall–Kier alpha value is -3.47. The van der Waals surface area contributed by atoms with Gasteiger partial charge in [-0.1, -0.05) is 20.8 Å². The topological polar surface area (TPSA) is 98.0 Å². The van der Waals surface area contributed by atoms with Gasteiger partial charge in [0.05, 0.1) is 24.5 Å². The Morgan fingerprint density at radius 1 is 1.19 bits per heavy atom. The number of carbonyl (C=O) groups is 1. The van der Waals surface area contributed by atoms with Crippen molar-refractivity contribution >= 4 is 17.5 Å². The van der Waals surface area contributed by atoms with Gasteiger partial charge in [0.25, 0.3) is 0 Å². The van der Waals surface area contributed by atoms with Crippen LogP contribution in [-0.4, -0.2) is 45.9 Å². The number of halogens is 2. The molecule has 1 fully saturated rings. The number of benzene rings is 1. The quantitative estimate of drug-likeness (QED) is 0.435. The summed E-state index contributed by atoms with van der Waals surface area (Å²) in [5, 5.41) is 17.0. The van der Waals surface area contributed by atoms with Gasteiger partial charge in [0.15, 0.2) is 17.5 Å². The fourth-order valence-electron chi connectivity index (χ4n) is 4.21. The molecule has 0 bridgehead atoms. The van der Waals surface area contributed by atoms with Crippen molar-refractivity contribution < 1.29 is 18.3 Å². The van der Waals surface area contributed by atoms with Crippen LogP contribution in [0, 0.1) is 11.6 Å². The van der Waals surface area contributed by atoms with Gasteiger partial charge in [0, 0.05) is 55.9 Å². The van der Waals surface area contributed by atoms with E-state index in [0.29, 0.717) is 31.0 Å². The van der Waals surface area contributed by atoms with Gasteiger partial charge >= 0.3 is 6.03 Å². The Balaban J connectivity index is 0.00000176. The van der Waals surface area contributed by atoms with E-state index in [2.05, 4.69) is 21.0 Å². The van der Waals surface area contributed by atoms with E-state index in [-0.39, 0.29) is 29.9 Å². The van der Waals surface area contributed by atoms with Crippen LogP contribution in [-0.2, 0) is 24.8 Å². The zero-order valence-electron chi connectivity index (χ0n) is 21.5. The molecule has 3 N–H and O–H groups in total. The second-order valence-electron chi connectivity index (χ2n) is 8.16. The van der Waals surface area contributed by atoms with Crippen molar-refractivity contribution in [1.82, 2.24) is 30.2 Å². The number of aryl methyl sites for hydroxylation is 1. The maximum absolute atomic E-state index is 15.1. The molecule has 0 radical (unpaired) electrons. The number of hydrogen-bond donors (Lipinski definition) is 3. The maximum Gasteiger partial charge on any atom is 0.314 e. The fraction of sp³-hybridized carbons (Fsp3) is 0.480. The minimum absolute atomic E-state index is 0.0365. The Morgan fingerprint density at radius 3 is 2.53 bits per heavy atom. The molecule has 3 aromatic rings. The van der Waals surface area contributed by atoms with E-state index in [1.165, 1.54) is 30.1 Å². The molecule has 1 aromatic carbocycles. The predicted octanol–water partition coefficient (Wildman–Crippen LogP) is 4.67. The molecule has 9 nitrogen and oxygen atoms in total. The van der Waals surface area contributed by atoms with Crippen LogP contribution in [0.5, 0.6) is 0 Å². The first-order valence-corrected chi connectivity index (χ1v) is 12.3. The number of nitrogens with one attached hydrogen (secondary N) is 3. The molecule has 4 rings (SSSR count). The van der Waals surface area contributed by atoms with Gasteiger partial charge in [0.1, 0.15) is 0 Å². The fourth-order valence-corrected chi connectivity index (χ4v) is 4.21. The molecule has 0 saturated carbocycles. The van der Waals surface area contributed by atoms with Gasteiger partial charge in [0.2, 0.25) is 0 Å².